The van der Waals surface area contributed by atoms with E-state index in [0.29, 0.717) is 16.8 Å². The van der Waals surface area contributed by atoms with Crippen molar-refractivity contribution < 1.29 is 9.59 Å². The Morgan fingerprint density at radius 1 is 0.818 bits per heavy atom. The van der Waals surface area contributed by atoms with E-state index in [2.05, 4.69) is 0 Å². The van der Waals surface area contributed by atoms with E-state index >= 15 is 0 Å². The summed E-state index contributed by atoms with van der Waals surface area (Å²) in [5.41, 5.74) is 2.49. The highest BCUT2D eigenvalue weighted by molar-refractivity contribution is 6.36. The van der Waals surface area contributed by atoms with E-state index in [-0.39, 0.29) is 11.8 Å². The van der Waals surface area contributed by atoms with E-state index in [1.54, 1.807) is 12.1 Å². The van der Waals surface area contributed by atoms with Gasteiger partial charge >= 0.3 is 0 Å². The Bertz CT molecular complexity index is 929. The molecule has 1 aliphatic rings. The number of hydrogen-bond donors (Lipinski definition) is 0. The first-order chi connectivity index (χ1) is 10.7. The van der Waals surface area contributed by atoms with Crippen LogP contribution in [0.15, 0.2) is 60.7 Å². The summed E-state index contributed by atoms with van der Waals surface area (Å²) >= 11 is 0. The maximum atomic E-state index is 12.8. The number of imide groups is 1. The highest BCUT2D eigenvalue weighted by Gasteiger charge is 2.38. The average molecular weight is 287 g/mol. The molecule has 3 aromatic rings. The molecule has 0 aromatic heterocycles. The summed E-state index contributed by atoms with van der Waals surface area (Å²) < 4.78 is 0. The minimum atomic E-state index is -0.250. The fourth-order valence-electron chi connectivity index (χ4n) is 3.11. The number of aryl methyl sites for hydroxylation is 1. The van der Waals surface area contributed by atoms with Gasteiger partial charge in [0.1, 0.15) is 0 Å². The zero-order chi connectivity index (χ0) is 15.3. The monoisotopic (exact) mass is 287 g/mol. The van der Waals surface area contributed by atoms with E-state index < -0.39 is 0 Å². The molecule has 3 heteroatoms. The predicted molar refractivity (Wildman–Crippen MR) is 86.3 cm³/mol. The highest BCUT2D eigenvalue weighted by atomic mass is 16.2. The van der Waals surface area contributed by atoms with Crippen LogP contribution >= 0.6 is 0 Å². The first-order valence-corrected chi connectivity index (χ1v) is 7.14. The maximum absolute atomic E-state index is 12.8. The largest absolute Gasteiger partial charge is 0.268 e. The minimum absolute atomic E-state index is 0.241. The van der Waals surface area contributed by atoms with E-state index in [0.717, 1.165) is 16.3 Å². The lowest BCUT2D eigenvalue weighted by atomic mass is 9.96. The van der Waals surface area contributed by atoms with Crippen LogP contribution in [0.25, 0.3) is 10.8 Å². The molecule has 0 saturated carbocycles. The van der Waals surface area contributed by atoms with Crippen LogP contribution in [-0.4, -0.2) is 11.8 Å². The number of benzene rings is 3. The Labute approximate surface area is 127 Å². The first kappa shape index (κ1) is 12.8. The van der Waals surface area contributed by atoms with E-state index in [1.165, 1.54) is 4.90 Å². The van der Waals surface area contributed by atoms with Gasteiger partial charge in [0, 0.05) is 0 Å². The molecule has 0 atom stereocenters. The number of anilines is 1. The van der Waals surface area contributed by atoms with Crippen LogP contribution in [0.1, 0.15) is 26.3 Å². The van der Waals surface area contributed by atoms with Gasteiger partial charge in [0.2, 0.25) is 0 Å². The van der Waals surface area contributed by atoms with Crippen LogP contribution in [0.2, 0.25) is 0 Å². The molecule has 0 aliphatic carbocycles. The molecule has 106 valence electrons. The summed E-state index contributed by atoms with van der Waals surface area (Å²) in [5.74, 6) is -0.491. The lowest BCUT2D eigenvalue weighted by molar-refractivity contribution is 0.0926. The van der Waals surface area contributed by atoms with Gasteiger partial charge in [0.05, 0.1) is 16.8 Å². The molecule has 2 amide bonds. The van der Waals surface area contributed by atoms with Crippen molar-refractivity contribution in [2.75, 3.05) is 4.90 Å². The quantitative estimate of drug-likeness (QED) is 0.635. The Morgan fingerprint density at radius 2 is 1.50 bits per heavy atom. The van der Waals surface area contributed by atoms with Crippen molar-refractivity contribution in [3.8, 4) is 0 Å². The van der Waals surface area contributed by atoms with Gasteiger partial charge in [-0.15, -0.1) is 0 Å². The number of fused-ring (bicyclic) bond motifs is 2. The average Bonchev–Trinajstić information content (AvgIpc) is 2.80. The third-order valence-electron chi connectivity index (χ3n) is 4.17. The Hall–Kier alpha value is -2.94. The van der Waals surface area contributed by atoms with Crippen molar-refractivity contribution in [2.45, 2.75) is 6.92 Å². The number of carbonyl (C=O) groups is 2. The molecule has 0 radical (unpaired) electrons. The first-order valence-electron chi connectivity index (χ1n) is 7.14. The normalized spacial score (nSPS) is 13.8. The molecule has 1 heterocycles. The summed E-state index contributed by atoms with van der Waals surface area (Å²) in [6.07, 6.45) is 0. The Balaban J connectivity index is 1.98. The van der Waals surface area contributed by atoms with E-state index in [4.69, 9.17) is 0 Å². The minimum Gasteiger partial charge on any atom is -0.268 e. The molecule has 1 aliphatic heterocycles. The number of amides is 2. The molecule has 22 heavy (non-hydrogen) atoms. The number of para-hydroxylation sites is 1. The van der Waals surface area contributed by atoms with Crippen LogP contribution < -0.4 is 4.90 Å². The van der Waals surface area contributed by atoms with Gasteiger partial charge in [-0.2, -0.15) is 0 Å². The predicted octanol–water partition coefficient (Wildman–Crippen LogP) is 3.95. The molecule has 0 spiro atoms. The smallest absolute Gasteiger partial charge is 0.266 e. The second-order valence-electron chi connectivity index (χ2n) is 5.43. The third kappa shape index (κ3) is 1.62. The van der Waals surface area contributed by atoms with Gasteiger partial charge in [-0.25, -0.2) is 4.90 Å². The number of hydrogen-bond acceptors (Lipinski definition) is 2. The molecule has 0 saturated heterocycles. The highest BCUT2D eigenvalue weighted by Crippen LogP contribution is 2.34. The lowest BCUT2D eigenvalue weighted by Gasteiger charge is -2.13. The molecule has 4 rings (SSSR count). The zero-order valence-corrected chi connectivity index (χ0v) is 12.0. The van der Waals surface area contributed by atoms with Crippen LogP contribution in [0.4, 0.5) is 5.69 Å². The van der Waals surface area contributed by atoms with Gasteiger partial charge in [0.25, 0.3) is 11.8 Å². The number of rotatable bonds is 1. The molecular formula is C19H13NO2. The summed E-state index contributed by atoms with van der Waals surface area (Å²) in [6.45, 7) is 1.90. The van der Waals surface area contributed by atoms with Crippen molar-refractivity contribution in [2.24, 2.45) is 0 Å². The second kappa shape index (κ2) is 4.53. The van der Waals surface area contributed by atoms with Crippen molar-refractivity contribution in [3.63, 3.8) is 0 Å². The molecular weight excluding hydrogens is 274 g/mol. The molecule has 0 bridgehead atoms. The number of nitrogens with zero attached hydrogens (tertiary/aromatic N) is 1. The van der Waals surface area contributed by atoms with Crippen molar-refractivity contribution in [1.29, 1.82) is 0 Å². The van der Waals surface area contributed by atoms with Crippen molar-refractivity contribution >= 4 is 28.3 Å². The lowest BCUT2D eigenvalue weighted by Crippen LogP contribution is -2.29. The van der Waals surface area contributed by atoms with Crippen molar-refractivity contribution in [1.82, 2.24) is 0 Å². The molecule has 3 nitrogen and oxygen atoms in total. The standard InChI is InChI=1S/C19H13NO2/c1-12-15-10-6-5-7-13(15)11-16-17(12)19(22)20(18(16)21)14-8-3-2-4-9-14/h2-11H,1H3. The molecule has 0 N–H and O–H groups in total. The summed E-state index contributed by atoms with van der Waals surface area (Å²) in [4.78, 5) is 26.7. The van der Waals surface area contributed by atoms with Gasteiger partial charge < -0.3 is 0 Å². The molecule has 0 fully saturated rings. The van der Waals surface area contributed by atoms with Crippen LogP contribution in [0.5, 0.6) is 0 Å². The number of carbonyl (C=O) groups excluding carboxylic acids is 2. The second-order valence-corrected chi connectivity index (χ2v) is 5.43. The van der Waals surface area contributed by atoms with Crippen LogP contribution in [-0.2, 0) is 0 Å². The fraction of sp³-hybridized carbons (Fsp3) is 0.0526. The van der Waals surface area contributed by atoms with Crippen molar-refractivity contribution in [3.05, 3.63) is 77.4 Å². The van der Waals surface area contributed by atoms with Crippen LogP contribution in [0, 0.1) is 6.92 Å². The van der Waals surface area contributed by atoms with Crippen LogP contribution in [0.3, 0.4) is 0 Å². The van der Waals surface area contributed by atoms with Gasteiger partial charge in [0.15, 0.2) is 0 Å². The van der Waals surface area contributed by atoms with Gasteiger partial charge in [-0.3, -0.25) is 9.59 Å². The Kier molecular flexibility index (Phi) is 2.63. The maximum Gasteiger partial charge on any atom is 0.266 e. The topological polar surface area (TPSA) is 37.4 Å². The molecule has 3 aromatic carbocycles. The molecule has 0 unspecified atom stereocenters. The van der Waals surface area contributed by atoms with Gasteiger partial charge in [-0.05, 0) is 41.5 Å². The summed E-state index contributed by atoms with van der Waals surface area (Å²) in [6, 6.07) is 18.7. The summed E-state index contributed by atoms with van der Waals surface area (Å²) in [5, 5.41) is 1.99. The van der Waals surface area contributed by atoms with E-state index in [1.807, 2.05) is 55.5 Å². The zero-order valence-electron chi connectivity index (χ0n) is 12.0. The SMILES string of the molecule is Cc1c2c(cc3ccccc13)C(=O)N(c1ccccc1)C2=O. The fourth-order valence-corrected chi connectivity index (χ4v) is 3.11. The van der Waals surface area contributed by atoms with Gasteiger partial charge in [-0.1, -0.05) is 42.5 Å². The summed E-state index contributed by atoms with van der Waals surface area (Å²) in [7, 11) is 0. The third-order valence-corrected chi connectivity index (χ3v) is 4.17. The Morgan fingerprint density at radius 3 is 2.27 bits per heavy atom. The van der Waals surface area contributed by atoms with E-state index in [9.17, 15) is 9.59 Å².